The van der Waals surface area contributed by atoms with Crippen LogP contribution < -0.4 is 5.32 Å². The van der Waals surface area contributed by atoms with E-state index in [1.165, 1.54) is 11.0 Å². The van der Waals surface area contributed by atoms with Crippen molar-refractivity contribution in [3.05, 3.63) is 53.9 Å². The molecule has 3 amide bonds. The van der Waals surface area contributed by atoms with Crippen molar-refractivity contribution in [1.82, 2.24) is 14.4 Å². The number of aromatic nitrogens is 1. The number of ether oxygens (including phenoxy) is 2. The molecular weight excluding hydrogens is 422 g/mol. The van der Waals surface area contributed by atoms with E-state index in [1.807, 2.05) is 29.9 Å². The summed E-state index contributed by atoms with van der Waals surface area (Å²) in [5.74, 6) is -2.34. The Balaban J connectivity index is 2.12. The number of benzene rings is 1. The van der Waals surface area contributed by atoms with E-state index in [-0.39, 0.29) is 24.7 Å². The van der Waals surface area contributed by atoms with Crippen LogP contribution in [-0.2, 0) is 27.9 Å². The Morgan fingerprint density at radius 2 is 1.78 bits per heavy atom. The van der Waals surface area contributed by atoms with Gasteiger partial charge in [0.25, 0.3) is 0 Å². The molecule has 0 unspecified atom stereocenters. The van der Waals surface area contributed by atoms with Crippen molar-refractivity contribution >= 4 is 17.6 Å². The highest BCUT2D eigenvalue weighted by molar-refractivity contribution is 5.92. The molecule has 2 aromatic rings. The fraction of sp³-hybridized carbons (Fsp3) is 0.455. The highest BCUT2D eigenvalue weighted by Gasteiger charge is 2.22. The minimum absolute atomic E-state index is 0.0955. The zero-order chi connectivity index (χ0) is 23.5. The zero-order valence-corrected chi connectivity index (χ0v) is 18.6. The minimum atomic E-state index is -1.07. The lowest BCUT2D eigenvalue weighted by Gasteiger charge is -2.28. The van der Waals surface area contributed by atoms with Crippen molar-refractivity contribution in [2.24, 2.45) is 7.05 Å². The van der Waals surface area contributed by atoms with Gasteiger partial charge in [-0.2, -0.15) is 0 Å². The monoisotopic (exact) mass is 452 g/mol. The maximum atomic E-state index is 13.5. The van der Waals surface area contributed by atoms with Crippen LogP contribution >= 0.6 is 0 Å². The SMILES string of the molecule is COCCCN(CC(=O)N(CCOC)Cc1cccn1C)C(=O)Nc1ccc(F)c(F)c1. The van der Waals surface area contributed by atoms with Gasteiger partial charge in [0.15, 0.2) is 11.6 Å². The van der Waals surface area contributed by atoms with Gasteiger partial charge in [-0.1, -0.05) is 0 Å². The van der Waals surface area contributed by atoms with Crippen LogP contribution in [0.2, 0.25) is 0 Å². The summed E-state index contributed by atoms with van der Waals surface area (Å²) >= 11 is 0. The second kappa shape index (κ2) is 12.8. The Labute approximate surface area is 186 Å². The number of anilines is 1. The number of urea groups is 1. The zero-order valence-electron chi connectivity index (χ0n) is 18.6. The number of hydrogen-bond donors (Lipinski definition) is 1. The number of carbonyl (C=O) groups is 2. The van der Waals surface area contributed by atoms with Gasteiger partial charge in [-0.15, -0.1) is 0 Å². The molecule has 10 heteroatoms. The van der Waals surface area contributed by atoms with Gasteiger partial charge in [-0.25, -0.2) is 13.6 Å². The van der Waals surface area contributed by atoms with E-state index in [0.29, 0.717) is 32.7 Å². The van der Waals surface area contributed by atoms with Crippen molar-refractivity contribution in [3.63, 3.8) is 0 Å². The normalized spacial score (nSPS) is 10.8. The number of nitrogens with zero attached hydrogens (tertiary/aromatic N) is 3. The number of methoxy groups -OCH3 is 2. The number of halogens is 2. The van der Waals surface area contributed by atoms with E-state index in [9.17, 15) is 18.4 Å². The van der Waals surface area contributed by atoms with Crippen molar-refractivity contribution in [2.75, 3.05) is 52.4 Å². The number of amides is 3. The first kappa shape index (κ1) is 25.3. The molecule has 0 spiro atoms. The van der Waals surface area contributed by atoms with Gasteiger partial charge < -0.3 is 29.2 Å². The first-order valence-electron chi connectivity index (χ1n) is 10.2. The Morgan fingerprint density at radius 1 is 1.03 bits per heavy atom. The van der Waals surface area contributed by atoms with Crippen molar-refractivity contribution in [2.45, 2.75) is 13.0 Å². The number of aryl methyl sites for hydroxylation is 1. The van der Waals surface area contributed by atoms with Crippen molar-refractivity contribution < 1.29 is 27.8 Å². The van der Waals surface area contributed by atoms with E-state index >= 15 is 0 Å². The van der Waals surface area contributed by atoms with Crippen LogP contribution in [0.4, 0.5) is 19.3 Å². The molecule has 1 heterocycles. The topological polar surface area (TPSA) is 76.0 Å². The molecule has 0 saturated heterocycles. The molecule has 0 atom stereocenters. The lowest BCUT2D eigenvalue weighted by Crippen LogP contribution is -2.45. The Bertz CT molecular complexity index is 891. The molecule has 0 aliphatic rings. The molecule has 176 valence electrons. The highest BCUT2D eigenvalue weighted by atomic mass is 19.2. The molecule has 1 aromatic carbocycles. The lowest BCUT2D eigenvalue weighted by atomic mass is 10.3. The molecule has 0 aliphatic carbocycles. The summed E-state index contributed by atoms with van der Waals surface area (Å²) in [5.41, 5.74) is 1.03. The quantitative estimate of drug-likeness (QED) is 0.503. The van der Waals surface area contributed by atoms with Crippen molar-refractivity contribution in [1.29, 1.82) is 0 Å². The summed E-state index contributed by atoms with van der Waals surface area (Å²) in [7, 11) is 4.99. The maximum absolute atomic E-state index is 13.5. The van der Waals surface area contributed by atoms with Gasteiger partial charge in [0.2, 0.25) is 5.91 Å². The van der Waals surface area contributed by atoms with E-state index < -0.39 is 17.7 Å². The predicted molar refractivity (Wildman–Crippen MR) is 116 cm³/mol. The first-order chi connectivity index (χ1) is 15.3. The van der Waals surface area contributed by atoms with E-state index in [0.717, 1.165) is 17.8 Å². The Morgan fingerprint density at radius 3 is 2.41 bits per heavy atom. The van der Waals surface area contributed by atoms with Crippen LogP contribution in [0.1, 0.15) is 12.1 Å². The predicted octanol–water partition coefficient (Wildman–Crippen LogP) is 2.85. The molecule has 0 radical (unpaired) electrons. The summed E-state index contributed by atoms with van der Waals surface area (Å²) in [6.45, 7) is 1.53. The number of nitrogens with one attached hydrogen (secondary N) is 1. The van der Waals surface area contributed by atoms with Gasteiger partial charge in [0.05, 0.1) is 13.2 Å². The number of rotatable bonds is 12. The van der Waals surface area contributed by atoms with Gasteiger partial charge in [-0.05, 0) is 30.7 Å². The van der Waals surface area contributed by atoms with Gasteiger partial charge >= 0.3 is 6.03 Å². The van der Waals surface area contributed by atoms with E-state index in [2.05, 4.69) is 5.32 Å². The van der Waals surface area contributed by atoms with Crippen molar-refractivity contribution in [3.8, 4) is 0 Å². The third-order valence-electron chi connectivity index (χ3n) is 4.88. The van der Waals surface area contributed by atoms with Crippen LogP contribution in [0, 0.1) is 11.6 Å². The molecule has 2 rings (SSSR count). The average Bonchev–Trinajstić information content (AvgIpc) is 3.17. The standard InChI is InChI=1S/C22H30F2N4O4/c1-26-9-4-6-18(26)15-27(11-13-32-3)21(29)16-28(10-5-12-31-2)22(30)25-17-7-8-19(23)20(24)14-17/h4,6-9,14H,5,10-13,15-16H2,1-3H3,(H,25,30). The second-order valence-corrected chi connectivity index (χ2v) is 7.25. The van der Waals surface area contributed by atoms with E-state index in [1.54, 1.807) is 19.1 Å². The average molecular weight is 453 g/mol. The summed E-state index contributed by atoms with van der Waals surface area (Å²) in [6, 6.07) is 6.29. The number of hydrogen-bond acceptors (Lipinski definition) is 4. The van der Waals surface area contributed by atoms with Crippen LogP contribution in [0.5, 0.6) is 0 Å². The van der Waals surface area contributed by atoms with Gasteiger partial charge in [0, 0.05) is 64.6 Å². The van der Waals surface area contributed by atoms with Crippen LogP contribution in [-0.4, -0.2) is 73.4 Å². The molecule has 0 aliphatic heterocycles. The fourth-order valence-corrected chi connectivity index (χ4v) is 3.04. The van der Waals surface area contributed by atoms with Gasteiger partial charge in [0.1, 0.15) is 6.54 Å². The molecule has 1 aromatic heterocycles. The third kappa shape index (κ3) is 7.61. The molecular formula is C22H30F2N4O4. The van der Waals surface area contributed by atoms with E-state index in [4.69, 9.17) is 9.47 Å². The van der Waals surface area contributed by atoms with Crippen LogP contribution in [0.15, 0.2) is 36.5 Å². The summed E-state index contributed by atoms with van der Waals surface area (Å²) < 4.78 is 38.8. The smallest absolute Gasteiger partial charge is 0.322 e. The molecule has 1 N–H and O–H groups in total. The number of carbonyl (C=O) groups excluding carboxylic acids is 2. The molecule has 32 heavy (non-hydrogen) atoms. The minimum Gasteiger partial charge on any atom is -0.385 e. The first-order valence-corrected chi connectivity index (χ1v) is 10.2. The highest BCUT2D eigenvalue weighted by Crippen LogP contribution is 2.14. The summed E-state index contributed by atoms with van der Waals surface area (Å²) in [6.07, 6.45) is 2.39. The molecule has 0 bridgehead atoms. The van der Waals surface area contributed by atoms with Gasteiger partial charge in [-0.3, -0.25) is 4.79 Å². The van der Waals surface area contributed by atoms with Crippen LogP contribution in [0.3, 0.4) is 0 Å². The maximum Gasteiger partial charge on any atom is 0.322 e. The Hall–Kier alpha value is -2.98. The molecule has 8 nitrogen and oxygen atoms in total. The third-order valence-corrected chi connectivity index (χ3v) is 4.88. The second-order valence-electron chi connectivity index (χ2n) is 7.25. The van der Waals surface area contributed by atoms with Crippen LogP contribution in [0.25, 0.3) is 0 Å². The molecule has 0 fully saturated rings. The lowest BCUT2D eigenvalue weighted by molar-refractivity contribution is -0.133. The largest absolute Gasteiger partial charge is 0.385 e. The summed E-state index contributed by atoms with van der Waals surface area (Å²) in [4.78, 5) is 28.8. The summed E-state index contributed by atoms with van der Waals surface area (Å²) in [5, 5.41) is 2.52. The molecule has 0 saturated carbocycles. The Kier molecular flexibility index (Phi) is 10.1. The fourth-order valence-electron chi connectivity index (χ4n) is 3.04.